The van der Waals surface area contributed by atoms with Crippen molar-refractivity contribution in [1.82, 2.24) is 10.6 Å². The van der Waals surface area contributed by atoms with Gasteiger partial charge >= 0.3 is 6.03 Å². The van der Waals surface area contributed by atoms with Crippen LogP contribution in [0.1, 0.15) is 62.1 Å². The first kappa shape index (κ1) is 21.1. The van der Waals surface area contributed by atoms with Crippen LogP contribution in [0.15, 0.2) is 41.8 Å². The smallest absolute Gasteiger partial charge is 0.321 e. The molecule has 0 aliphatic carbocycles. The summed E-state index contributed by atoms with van der Waals surface area (Å²) in [5.41, 5.74) is 2.45. The molecule has 0 spiro atoms. The van der Waals surface area contributed by atoms with Gasteiger partial charge in [0.15, 0.2) is 6.54 Å². The number of nitrogens with one attached hydrogen (secondary N) is 2. The normalized spacial score (nSPS) is 13.2. The van der Waals surface area contributed by atoms with Gasteiger partial charge in [0.2, 0.25) is 0 Å². The molecule has 2 aromatic rings. The van der Waals surface area contributed by atoms with Gasteiger partial charge in [-0.1, -0.05) is 51.1 Å². The molecule has 0 bridgehead atoms. The van der Waals surface area contributed by atoms with Crippen molar-refractivity contribution in [2.75, 3.05) is 6.54 Å². The molecule has 0 radical (unpaired) electrons. The van der Waals surface area contributed by atoms with Gasteiger partial charge in [-0.2, -0.15) is 0 Å². The monoisotopic (exact) mass is 388 g/mol. The molecule has 2 rings (SSSR count). The second-order valence-corrected chi connectivity index (χ2v) is 8.06. The number of rotatable bonds is 8. The molecule has 0 unspecified atom stereocenters. The lowest BCUT2D eigenvalue weighted by atomic mass is 9.98. The largest absolute Gasteiger partial charge is 0.335 e. The summed E-state index contributed by atoms with van der Waals surface area (Å²) in [7, 11) is 0. The van der Waals surface area contributed by atoms with Crippen LogP contribution in [0, 0.1) is 0 Å². The summed E-state index contributed by atoms with van der Waals surface area (Å²) in [5.74, 6) is 0.189. The van der Waals surface area contributed by atoms with Gasteiger partial charge in [0.05, 0.1) is 4.88 Å². The first-order valence-electron chi connectivity index (χ1n) is 9.47. The van der Waals surface area contributed by atoms with Crippen LogP contribution >= 0.6 is 11.3 Å². The highest BCUT2D eigenvalue weighted by Crippen LogP contribution is 2.24. The van der Waals surface area contributed by atoms with E-state index in [-0.39, 0.29) is 24.5 Å². The molecule has 0 saturated carbocycles. The summed E-state index contributed by atoms with van der Waals surface area (Å²) < 4.78 is 0. The van der Waals surface area contributed by atoms with E-state index in [1.807, 2.05) is 30.6 Å². The van der Waals surface area contributed by atoms with E-state index < -0.39 is 6.03 Å². The van der Waals surface area contributed by atoms with Gasteiger partial charge in [-0.25, -0.2) is 4.79 Å². The van der Waals surface area contributed by atoms with Gasteiger partial charge < -0.3 is 10.6 Å². The minimum absolute atomic E-state index is 0.0367. The molecule has 1 heterocycles. The molecule has 6 heteroatoms. The van der Waals surface area contributed by atoms with Crippen LogP contribution in [0.5, 0.6) is 0 Å². The van der Waals surface area contributed by atoms with E-state index in [0.29, 0.717) is 5.92 Å². The number of quaternary nitrogens is 1. The molecule has 1 aromatic carbocycles. The molecule has 0 aliphatic heterocycles. The number of imide groups is 1. The summed E-state index contributed by atoms with van der Waals surface area (Å²) in [6.45, 7) is 8.42. The third-order valence-corrected chi connectivity index (χ3v) is 5.55. The maximum Gasteiger partial charge on any atom is 0.321 e. The van der Waals surface area contributed by atoms with Crippen molar-refractivity contribution < 1.29 is 14.9 Å². The number of nitrogens with two attached hydrogens (primary N) is 1. The van der Waals surface area contributed by atoms with Gasteiger partial charge in [0.1, 0.15) is 6.04 Å². The van der Waals surface area contributed by atoms with Gasteiger partial charge in [0, 0.05) is 11.6 Å². The standard InChI is InChI=1S/C21H29N3O2S/c1-5-15(4)23-21(26)24-19(25)13-22-20(18-7-6-12-27-18)17-10-8-16(9-11-17)14(2)3/h6-12,14-15,20,22H,5,13H2,1-4H3,(H2,23,24,25,26)/p+1/t15-,20+/m1/s1. The number of thiophene rings is 1. The second kappa shape index (κ2) is 10.2. The van der Waals surface area contributed by atoms with Crippen molar-refractivity contribution >= 4 is 23.3 Å². The third-order valence-electron chi connectivity index (χ3n) is 4.59. The van der Waals surface area contributed by atoms with Gasteiger partial charge in [-0.05, 0) is 36.3 Å². The molecule has 27 heavy (non-hydrogen) atoms. The lowest BCUT2D eigenvalue weighted by Gasteiger charge is -2.16. The SMILES string of the molecule is CC[C@@H](C)NC(=O)NC(=O)C[NH2+][C@@H](c1ccc(C(C)C)cc1)c1cccs1. The average molecular weight is 389 g/mol. The van der Waals surface area contributed by atoms with Crippen molar-refractivity contribution in [2.45, 2.75) is 52.1 Å². The molecular formula is C21H30N3O2S+. The number of carbonyl (C=O) groups excluding carboxylic acids is 2. The maximum absolute atomic E-state index is 12.2. The van der Waals surface area contributed by atoms with Gasteiger partial charge in [-0.3, -0.25) is 10.1 Å². The quantitative estimate of drug-likeness (QED) is 0.650. The van der Waals surface area contributed by atoms with Crippen LogP contribution < -0.4 is 16.0 Å². The number of urea groups is 1. The van der Waals surface area contributed by atoms with Crippen LogP contribution in [0.25, 0.3) is 0 Å². The number of amides is 3. The fourth-order valence-electron chi connectivity index (χ4n) is 2.74. The highest BCUT2D eigenvalue weighted by atomic mass is 32.1. The van der Waals surface area contributed by atoms with Crippen LogP contribution in [0.3, 0.4) is 0 Å². The van der Waals surface area contributed by atoms with E-state index in [2.05, 4.69) is 54.8 Å². The fraction of sp³-hybridized carbons (Fsp3) is 0.429. The van der Waals surface area contributed by atoms with E-state index in [4.69, 9.17) is 0 Å². The van der Waals surface area contributed by atoms with E-state index >= 15 is 0 Å². The predicted molar refractivity (Wildman–Crippen MR) is 110 cm³/mol. The summed E-state index contributed by atoms with van der Waals surface area (Å²) in [4.78, 5) is 25.2. The zero-order valence-electron chi connectivity index (χ0n) is 16.5. The van der Waals surface area contributed by atoms with E-state index in [1.165, 1.54) is 10.4 Å². The van der Waals surface area contributed by atoms with E-state index in [1.54, 1.807) is 11.3 Å². The molecule has 0 aliphatic rings. The van der Waals surface area contributed by atoms with Crippen LogP contribution in [0.4, 0.5) is 4.79 Å². The number of benzene rings is 1. The summed E-state index contributed by atoms with van der Waals surface area (Å²) in [6.07, 6.45) is 0.820. The Kier molecular flexibility index (Phi) is 8.00. The molecule has 3 amide bonds. The lowest BCUT2D eigenvalue weighted by Crippen LogP contribution is -2.87. The average Bonchev–Trinajstić information content (AvgIpc) is 3.16. The topological polar surface area (TPSA) is 74.8 Å². The number of hydrogen-bond acceptors (Lipinski definition) is 3. The summed E-state index contributed by atoms with van der Waals surface area (Å²) >= 11 is 1.67. The zero-order valence-corrected chi connectivity index (χ0v) is 17.3. The van der Waals surface area contributed by atoms with E-state index in [9.17, 15) is 9.59 Å². The summed E-state index contributed by atoms with van der Waals surface area (Å²) in [5, 5.41) is 9.16. The predicted octanol–water partition coefficient (Wildman–Crippen LogP) is 3.15. The van der Waals surface area contributed by atoms with E-state index in [0.717, 1.165) is 12.0 Å². The van der Waals surface area contributed by atoms with Crippen molar-refractivity contribution in [1.29, 1.82) is 0 Å². The second-order valence-electron chi connectivity index (χ2n) is 7.09. The highest BCUT2D eigenvalue weighted by Gasteiger charge is 2.21. The van der Waals surface area contributed by atoms with Crippen molar-refractivity contribution in [3.05, 3.63) is 57.8 Å². The Hall–Kier alpha value is -2.18. The third kappa shape index (κ3) is 6.48. The first-order valence-corrected chi connectivity index (χ1v) is 10.4. The minimum atomic E-state index is -0.434. The van der Waals surface area contributed by atoms with Crippen LogP contribution in [0.2, 0.25) is 0 Å². The Balaban J connectivity index is 2.01. The Morgan fingerprint density at radius 3 is 2.30 bits per heavy atom. The van der Waals surface area contributed by atoms with Crippen LogP contribution in [-0.2, 0) is 4.79 Å². The Labute approximate surface area is 165 Å². The zero-order chi connectivity index (χ0) is 19.8. The lowest BCUT2D eigenvalue weighted by molar-refractivity contribution is -0.676. The highest BCUT2D eigenvalue weighted by molar-refractivity contribution is 7.10. The Morgan fingerprint density at radius 1 is 1.07 bits per heavy atom. The molecule has 146 valence electrons. The maximum atomic E-state index is 12.2. The van der Waals surface area contributed by atoms with Gasteiger partial charge in [-0.15, -0.1) is 11.3 Å². The number of hydrogen-bond donors (Lipinski definition) is 3. The van der Waals surface area contributed by atoms with Crippen molar-refractivity contribution in [2.24, 2.45) is 0 Å². The minimum Gasteiger partial charge on any atom is -0.335 e. The molecule has 1 aromatic heterocycles. The van der Waals surface area contributed by atoms with Crippen LogP contribution in [-0.4, -0.2) is 24.5 Å². The molecule has 4 N–H and O–H groups in total. The molecule has 2 atom stereocenters. The molecule has 0 saturated heterocycles. The molecule has 5 nitrogen and oxygen atoms in total. The molecule has 0 fully saturated rings. The summed E-state index contributed by atoms with van der Waals surface area (Å²) in [6, 6.07) is 12.3. The first-order chi connectivity index (χ1) is 12.9. The fourth-order valence-corrected chi connectivity index (χ4v) is 3.59. The Bertz CT molecular complexity index is 726. The molecular weight excluding hydrogens is 358 g/mol. The Morgan fingerprint density at radius 2 is 1.74 bits per heavy atom. The van der Waals surface area contributed by atoms with Crippen molar-refractivity contribution in [3.8, 4) is 0 Å². The number of carbonyl (C=O) groups is 2. The van der Waals surface area contributed by atoms with Crippen molar-refractivity contribution in [3.63, 3.8) is 0 Å². The van der Waals surface area contributed by atoms with Gasteiger partial charge in [0.25, 0.3) is 5.91 Å².